The molecule has 0 radical (unpaired) electrons. The second-order valence-electron chi connectivity index (χ2n) is 6.10. The van der Waals surface area contributed by atoms with Crippen molar-refractivity contribution in [2.75, 3.05) is 53.5 Å². The first-order valence-corrected chi connectivity index (χ1v) is 8.26. The Labute approximate surface area is 141 Å². The summed E-state index contributed by atoms with van der Waals surface area (Å²) in [6.45, 7) is 6.11. The van der Waals surface area contributed by atoms with Crippen LogP contribution in [0.25, 0.3) is 10.9 Å². The summed E-state index contributed by atoms with van der Waals surface area (Å²) in [5.74, 6) is 1.18. The number of likely N-dealkylation sites (N-methyl/N-ethyl adjacent to an activating group) is 1. The largest absolute Gasteiger partial charge is 0.493 e. The van der Waals surface area contributed by atoms with Gasteiger partial charge in [0.05, 0.1) is 30.9 Å². The molecule has 1 aromatic carbocycles. The van der Waals surface area contributed by atoms with E-state index in [1.54, 1.807) is 19.2 Å². The third-order valence-corrected chi connectivity index (χ3v) is 4.40. The number of nitrogens with zero attached hydrogens (tertiary/aromatic N) is 3. The second-order valence-corrected chi connectivity index (χ2v) is 6.10. The lowest BCUT2D eigenvalue weighted by molar-refractivity contribution is 0.145. The molecule has 0 amide bonds. The molecule has 1 aromatic heterocycles. The molecule has 0 spiro atoms. The van der Waals surface area contributed by atoms with Gasteiger partial charge in [-0.05, 0) is 19.5 Å². The Balaban J connectivity index is 1.59. The highest BCUT2D eigenvalue weighted by molar-refractivity contribution is 5.81. The molecule has 0 bridgehead atoms. The monoisotopic (exact) mass is 332 g/mol. The zero-order chi connectivity index (χ0) is 16.9. The summed E-state index contributed by atoms with van der Waals surface area (Å²) in [6.07, 6.45) is 2.35. The van der Waals surface area contributed by atoms with Gasteiger partial charge < -0.3 is 24.3 Å². The summed E-state index contributed by atoms with van der Waals surface area (Å²) >= 11 is 0. The van der Waals surface area contributed by atoms with E-state index in [4.69, 9.17) is 9.47 Å². The fourth-order valence-electron chi connectivity index (χ4n) is 2.89. The zero-order valence-electron chi connectivity index (χ0n) is 14.2. The maximum atomic E-state index is 11.8. The van der Waals surface area contributed by atoms with Crippen LogP contribution in [0.15, 0.2) is 23.3 Å². The van der Waals surface area contributed by atoms with Crippen molar-refractivity contribution in [3.63, 3.8) is 0 Å². The Bertz CT molecular complexity index is 738. The number of fused-ring (bicyclic) bond motifs is 1. The van der Waals surface area contributed by atoms with E-state index in [9.17, 15) is 4.79 Å². The average Bonchev–Trinajstić information content (AvgIpc) is 2.60. The van der Waals surface area contributed by atoms with Crippen LogP contribution in [-0.4, -0.2) is 73.3 Å². The van der Waals surface area contributed by atoms with Crippen molar-refractivity contribution in [2.45, 2.75) is 6.42 Å². The molecule has 3 rings (SSSR count). The number of H-pyrrole nitrogens is 1. The van der Waals surface area contributed by atoms with E-state index in [2.05, 4.69) is 26.8 Å². The van der Waals surface area contributed by atoms with Crippen LogP contribution in [-0.2, 0) is 0 Å². The summed E-state index contributed by atoms with van der Waals surface area (Å²) < 4.78 is 11.2. The van der Waals surface area contributed by atoms with Crippen LogP contribution in [0.2, 0.25) is 0 Å². The van der Waals surface area contributed by atoms with Gasteiger partial charge in [-0.2, -0.15) is 0 Å². The van der Waals surface area contributed by atoms with E-state index in [1.165, 1.54) is 6.33 Å². The number of aromatic amines is 1. The van der Waals surface area contributed by atoms with E-state index >= 15 is 0 Å². The van der Waals surface area contributed by atoms with Gasteiger partial charge in [-0.15, -0.1) is 0 Å². The van der Waals surface area contributed by atoms with Crippen LogP contribution in [0.5, 0.6) is 11.5 Å². The zero-order valence-corrected chi connectivity index (χ0v) is 14.2. The second kappa shape index (κ2) is 7.63. The number of rotatable bonds is 6. The van der Waals surface area contributed by atoms with Gasteiger partial charge in [-0.1, -0.05) is 0 Å². The van der Waals surface area contributed by atoms with Crippen LogP contribution in [0.3, 0.4) is 0 Å². The van der Waals surface area contributed by atoms with Crippen molar-refractivity contribution in [3.05, 3.63) is 28.8 Å². The van der Waals surface area contributed by atoms with Gasteiger partial charge in [0.2, 0.25) is 0 Å². The number of piperazine rings is 1. The average molecular weight is 332 g/mol. The fourth-order valence-corrected chi connectivity index (χ4v) is 2.89. The lowest BCUT2D eigenvalue weighted by Crippen LogP contribution is -2.44. The first-order valence-electron chi connectivity index (χ1n) is 8.26. The van der Waals surface area contributed by atoms with E-state index in [0.717, 1.165) is 39.1 Å². The summed E-state index contributed by atoms with van der Waals surface area (Å²) in [6, 6.07) is 3.44. The molecule has 24 heavy (non-hydrogen) atoms. The van der Waals surface area contributed by atoms with Crippen LogP contribution in [0.1, 0.15) is 6.42 Å². The fraction of sp³-hybridized carbons (Fsp3) is 0.529. The predicted octanol–water partition coefficient (Wildman–Crippen LogP) is 0.948. The third kappa shape index (κ3) is 3.85. The van der Waals surface area contributed by atoms with E-state index in [-0.39, 0.29) is 5.56 Å². The van der Waals surface area contributed by atoms with Gasteiger partial charge in [-0.25, -0.2) is 4.98 Å². The molecule has 1 aliphatic rings. The Morgan fingerprint density at radius 3 is 2.75 bits per heavy atom. The first-order chi connectivity index (χ1) is 11.7. The molecule has 1 N–H and O–H groups in total. The Kier molecular flexibility index (Phi) is 5.32. The van der Waals surface area contributed by atoms with Crippen molar-refractivity contribution < 1.29 is 9.47 Å². The Morgan fingerprint density at radius 2 is 2.00 bits per heavy atom. The summed E-state index contributed by atoms with van der Waals surface area (Å²) in [4.78, 5) is 23.4. The maximum Gasteiger partial charge on any atom is 0.258 e. The van der Waals surface area contributed by atoms with Gasteiger partial charge in [0.1, 0.15) is 0 Å². The molecule has 0 saturated carbocycles. The molecule has 130 valence electrons. The summed E-state index contributed by atoms with van der Waals surface area (Å²) in [5.41, 5.74) is 0.425. The highest BCUT2D eigenvalue weighted by Crippen LogP contribution is 2.30. The van der Waals surface area contributed by atoms with Crippen molar-refractivity contribution >= 4 is 10.9 Å². The molecule has 7 nitrogen and oxygen atoms in total. The van der Waals surface area contributed by atoms with Gasteiger partial charge in [0.15, 0.2) is 11.5 Å². The molecule has 0 atom stereocenters. The smallest absolute Gasteiger partial charge is 0.258 e. The quantitative estimate of drug-likeness (QED) is 0.794. The normalized spacial score (nSPS) is 16.4. The van der Waals surface area contributed by atoms with Gasteiger partial charge in [0.25, 0.3) is 5.56 Å². The SMILES string of the molecule is COc1cc2c(=O)[nH]cnc2cc1OCCCN1CCN(C)CC1. The Hall–Kier alpha value is -2.12. The topological polar surface area (TPSA) is 70.7 Å². The summed E-state index contributed by atoms with van der Waals surface area (Å²) in [5, 5.41) is 0.499. The van der Waals surface area contributed by atoms with E-state index in [1.807, 2.05) is 0 Å². The Morgan fingerprint density at radius 1 is 1.21 bits per heavy atom. The minimum absolute atomic E-state index is 0.181. The van der Waals surface area contributed by atoms with E-state index in [0.29, 0.717) is 29.0 Å². The number of methoxy groups -OCH3 is 1. The highest BCUT2D eigenvalue weighted by atomic mass is 16.5. The number of hydrogen-bond acceptors (Lipinski definition) is 6. The van der Waals surface area contributed by atoms with Crippen molar-refractivity contribution in [2.24, 2.45) is 0 Å². The van der Waals surface area contributed by atoms with Crippen LogP contribution >= 0.6 is 0 Å². The molecule has 0 aliphatic carbocycles. The molecule has 1 saturated heterocycles. The number of nitrogens with one attached hydrogen (secondary N) is 1. The number of ether oxygens (including phenoxy) is 2. The number of aromatic nitrogens is 2. The minimum Gasteiger partial charge on any atom is -0.493 e. The molecule has 0 unspecified atom stereocenters. The predicted molar refractivity (Wildman–Crippen MR) is 93.0 cm³/mol. The van der Waals surface area contributed by atoms with Crippen LogP contribution < -0.4 is 15.0 Å². The van der Waals surface area contributed by atoms with E-state index < -0.39 is 0 Å². The van der Waals surface area contributed by atoms with Crippen molar-refractivity contribution in [1.29, 1.82) is 0 Å². The molecule has 7 heteroatoms. The van der Waals surface area contributed by atoms with Crippen LogP contribution in [0.4, 0.5) is 0 Å². The number of benzene rings is 1. The summed E-state index contributed by atoms with van der Waals surface area (Å²) in [7, 11) is 3.73. The molecule has 1 aliphatic heterocycles. The van der Waals surface area contributed by atoms with Crippen molar-refractivity contribution in [3.8, 4) is 11.5 Å². The molecular formula is C17H24N4O3. The highest BCUT2D eigenvalue weighted by Gasteiger charge is 2.14. The molecule has 2 heterocycles. The number of hydrogen-bond donors (Lipinski definition) is 1. The standard InChI is InChI=1S/C17H24N4O3/c1-20-5-7-21(8-6-20)4-3-9-24-16-11-14-13(10-15(16)23-2)17(22)19-12-18-14/h10-12H,3-9H2,1-2H3,(H,18,19,22). The first kappa shape index (κ1) is 16.7. The van der Waals surface area contributed by atoms with Gasteiger partial charge in [0, 0.05) is 38.8 Å². The maximum absolute atomic E-state index is 11.8. The van der Waals surface area contributed by atoms with Gasteiger partial charge >= 0.3 is 0 Å². The lowest BCUT2D eigenvalue weighted by atomic mass is 10.2. The molecular weight excluding hydrogens is 308 g/mol. The van der Waals surface area contributed by atoms with Crippen molar-refractivity contribution in [1.82, 2.24) is 19.8 Å². The van der Waals surface area contributed by atoms with Gasteiger partial charge in [-0.3, -0.25) is 4.79 Å². The molecule has 2 aromatic rings. The lowest BCUT2D eigenvalue weighted by Gasteiger charge is -2.32. The minimum atomic E-state index is -0.181. The van der Waals surface area contributed by atoms with Crippen LogP contribution in [0, 0.1) is 0 Å². The molecule has 1 fully saturated rings. The third-order valence-electron chi connectivity index (χ3n) is 4.40.